The third kappa shape index (κ3) is 11.8. The molecule has 0 fully saturated rings. The minimum atomic E-state index is -0.847. The number of guanidine groups is 1. The molecule has 0 saturated heterocycles. The van der Waals surface area contributed by atoms with Gasteiger partial charge in [-0.15, -0.1) is 24.0 Å². The summed E-state index contributed by atoms with van der Waals surface area (Å²) in [6.45, 7) is 1.59. The Morgan fingerprint density at radius 3 is 2.52 bits per heavy atom. The summed E-state index contributed by atoms with van der Waals surface area (Å²) in [6.07, 6.45) is 4.48. The van der Waals surface area contributed by atoms with E-state index in [1.54, 1.807) is 7.05 Å². The molecule has 1 rings (SSSR count). The summed E-state index contributed by atoms with van der Waals surface area (Å²) in [5.74, 6) is 3.23. The normalized spacial score (nSPS) is 12.3. The largest absolute Gasteiger partial charge is 0.356 e. The van der Waals surface area contributed by atoms with E-state index in [0.29, 0.717) is 18.1 Å². The second kappa shape index (κ2) is 15.3. The molecule has 1 unspecified atom stereocenters. The maximum Gasteiger partial charge on any atom is 0.191 e. The predicted molar refractivity (Wildman–Crippen MR) is 116 cm³/mol. The van der Waals surface area contributed by atoms with Gasteiger partial charge in [-0.25, -0.2) is 0 Å². The van der Waals surface area contributed by atoms with Crippen LogP contribution in [0, 0.1) is 0 Å². The van der Waals surface area contributed by atoms with Crippen molar-refractivity contribution < 1.29 is 4.21 Å². The van der Waals surface area contributed by atoms with Crippen LogP contribution in [0.3, 0.4) is 0 Å². The van der Waals surface area contributed by atoms with Gasteiger partial charge in [-0.3, -0.25) is 9.20 Å². The Kier molecular flexibility index (Phi) is 15.1. The highest BCUT2D eigenvalue weighted by atomic mass is 127. The van der Waals surface area contributed by atoms with Gasteiger partial charge in [0.15, 0.2) is 5.96 Å². The van der Waals surface area contributed by atoms with Crippen LogP contribution in [-0.2, 0) is 16.6 Å². The van der Waals surface area contributed by atoms with Crippen molar-refractivity contribution in [3.63, 3.8) is 0 Å². The molecular formula is C16H28IN3OS2. The summed E-state index contributed by atoms with van der Waals surface area (Å²) in [5.41, 5.74) is 1.12. The summed E-state index contributed by atoms with van der Waals surface area (Å²) >= 11 is 1.88. The SMILES string of the molecule is CN=C(NCCCCSC)NCCS(=O)Cc1ccccc1.I. The van der Waals surface area contributed by atoms with Gasteiger partial charge in [-0.2, -0.15) is 11.8 Å². The van der Waals surface area contributed by atoms with Crippen molar-refractivity contribution in [3.05, 3.63) is 35.9 Å². The van der Waals surface area contributed by atoms with E-state index in [0.717, 1.165) is 24.5 Å². The van der Waals surface area contributed by atoms with Crippen LogP contribution in [0.25, 0.3) is 0 Å². The van der Waals surface area contributed by atoms with Gasteiger partial charge >= 0.3 is 0 Å². The quantitative estimate of drug-likeness (QED) is 0.240. The number of nitrogens with one attached hydrogen (secondary N) is 2. The molecule has 0 amide bonds. The molecule has 0 saturated carbocycles. The van der Waals surface area contributed by atoms with Crippen LogP contribution in [0.5, 0.6) is 0 Å². The molecule has 2 N–H and O–H groups in total. The monoisotopic (exact) mass is 469 g/mol. The number of rotatable bonds is 10. The van der Waals surface area contributed by atoms with Gasteiger partial charge in [0.05, 0.1) is 0 Å². The molecule has 1 aromatic rings. The molecule has 23 heavy (non-hydrogen) atoms. The van der Waals surface area contributed by atoms with Crippen molar-refractivity contribution in [2.45, 2.75) is 18.6 Å². The summed E-state index contributed by atoms with van der Waals surface area (Å²) in [4.78, 5) is 4.18. The lowest BCUT2D eigenvalue weighted by atomic mass is 10.2. The third-order valence-corrected chi connectivity index (χ3v) is 5.10. The second-order valence-electron chi connectivity index (χ2n) is 4.90. The minimum absolute atomic E-state index is 0. The van der Waals surface area contributed by atoms with E-state index in [-0.39, 0.29) is 24.0 Å². The van der Waals surface area contributed by atoms with E-state index in [9.17, 15) is 4.21 Å². The molecule has 7 heteroatoms. The molecule has 0 aliphatic rings. The van der Waals surface area contributed by atoms with E-state index < -0.39 is 10.8 Å². The fourth-order valence-electron chi connectivity index (χ4n) is 1.91. The van der Waals surface area contributed by atoms with Crippen LogP contribution >= 0.6 is 35.7 Å². The Balaban J connectivity index is 0.00000484. The lowest BCUT2D eigenvalue weighted by Crippen LogP contribution is -2.39. The van der Waals surface area contributed by atoms with Gasteiger partial charge in [0.1, 0.15) is 0 Å². The first-order valence-corrected chi connectivity index (χ1v) is 10.5. The molecule has 1 aromatic carbocycles. The van der Waals surface area contributed by atoms with Crippen molar-refractivity contribution in [3.8, 4) is 0 Å². The maximum absolute atomic E-state index is 12.0. The van der Waals surface area contributed by atoms with Crippen molar-refractivity contribution in [2.75, 3.05) is 37.9 Å². The minimum Gasteiger partial charge on any atom is -0.356 e. The maximum atomic E-state index is 12.0. The molecule has 0 spiro atoms. The lowest BCUT2D eigenvalue weighted by Gasteiger charge is -2.11. The molecule has 0 aromatic heterocycles. The Labute approximate surface area is 164 Å². The Morgan fingerprint density at radius 2 is 1.87 bits per heavy atom. The lowest BCUT2D eigenvalue weighted by molar-refractivity contribution is 0.680. The Morgan fingerprint density at radius 1 is 1.17 bits per heavy atom. The first-order valence-electron chi connectivity index (χ1n) is 7.58. The molecule has 0 heterocycles. The summed E-state index contributed by atoms with van der Waals surface area (Å²) in [6, 6.07) is 9.96. The molecule has 1 atom stereocenters. The van der Waals surface area contributed by atoms with E-state index in [1.165, 1.54) is 12.2 Å². The molecule has 0 aliphatic carbocycles. The standard InChI is InChI=1S/C16H27N3OS2.HI/c1-17-16(18-10-6-7-12-21-2)19-11-13-22(20)14-15-8-4-3-5-9-15;/h3-5,8-9H,6-7,10-14H2,1-2H3,(H2,17,18,19);1H. The summed E-state index contributed by atoms with van der Waals surface area (Å²) in [5, 5.41) is 6.50. The number of unbranched alkanes of at least 4 members (excludes halogenated alkanes) is 1. The van der Waals surface area contributed by atoms with Gasteiger partial charge in [0.25, 0.3) is 0 Å². The third-order valence-electron chi connectivity index (χ3n) is 3.08. The molecular weight excluding hydrogens is 441 g/mol. The van der Waals surface area contributed by atoms with Crippen LogP contribution in [-0.4, -0.2) is 48.1 Å². The van der Waals surface area contributed by atoms with E-state index in [1.807, 2.05) is 42.1 Å². The first kappa shape index (κ1) is 22.7. The van der Waals surface area contributed by atoms with Crippen LogP contribution < -0.4 is 10.6 Å². The van der Waals surface area contributed by atoms with Crippen LogP contribution in [0.15, 0.2) is 35.3 Å². The van der Waals surface area contributed by atoms with E-state index in [2.05, 4.69) is 21.9 Å². The average Bonchev–Trinajstić information content (AvgIpc) is 2.54. The highest BCUT2D eigenvalue weighted by molar-refractivity contribution is 14.0. The molecule has 132 valence electrons. The molecule has 4 nitrogen and oxygen atoms in total. The van der Waals surface area contributed by atoms with Gasteiger partial charge in [-0.1, -0.05) is 30.3 Å². The first-order chi connectivity index (χ1) is 10.8. The highest BCUT2D eigenvalue weighted by Crippen LogP contribution is 2.02. The van der Waals surface area contributed by atoms with Crippen molar-refractivity contribution in [2.24, 2.45) is 4.99 Å². The second-order valence-corrected chi connectivity index (χ2v) is 7.46. The van der Waals surface area contributed by atoms with Crippen LogP contribution in [0.2, 0.25) is 0 Å². The number of benzene rings is 1. The van der Waals surface area contributed by atoms with Crippen molar-refractivity contribution in [1.29, 1.82) is 0 Å². The van der Waals surface area contributed by atoms with E-state index >= 15 is 0 Å². The topological polar surface area (TPSA) is 53.5 Å². The van der Waals surface area contributed by atoms with Crippen molar-refractivity contribution >= 4 is 52.5 Å². The van der Waals surface area contributed by atoms with Gasteiger partial charge in [0, 0.05) is 42.4 Å². The summed E-state index contributed by atoms with van der Waals surface area (Å²) in [7, 11) is 0.915. The zero-order valence-corrected chi connectivity index (χ0v) is 17.9. The fourth-order valence-corrected chi connectivity index (χ4v) is 3.45. The zero-order valence-electron chi connectivity index (χ0n) is 13.9. The smallest absolute Gasteiger partial charge is 0.191 e. The van der Waals surface area contributed by atoms with Gasteiger partial charge < -0.3 is 10.6 Å². The Bertz CT molecular complexity index is 458. The molecule has 0 bridgehead atoms. The Hall–Kier alpha value is -0.280. The molecule has 0 radical (unpaired) electrons. The molecule has 0 aliphatic heterocycles. The summed E-state index contributed by atoms with van der Waals surface area (Å²) < 4.78 is 12.0. The van der Waals surface area contributed by atoms with Crippen LogP contribution in [0.1, 0.15) is 18.4 Å². The number of hydrogen-bond donors (Lipinski definition) is 2. The number of halogens is 1. The number of thioether (sulfide) groups is 1. The highest BCUT2D eigenvalue weighted by Gasteiger charge is 2.02. The number of hydrogen-bond acceptors (Lipinski definition) is 3. The zero-order chi connectivity index (χ0) is 16.0. The fraction of sp³-hybridized carbons (Fsp3) is 0.562. The van der Waals surface area contributed by atoms with Crippen LogP contribution in [0.4, 0.5) is 0 Å². The van der Waals surface area contributed by atoms with Gasteiger partial charge in [-0.05, 0) is 30.4 Å². The predicted octanol–water partition coefficient (Wildman–Crippen LogP) is 2.86. The van der Waals surface area contributed by atoms with E-state index in [4.69, 9.17) is 0 Å². The van der Waals surface area contributed by atoms with Gasteiger partial charge in [0.2, 0.25) is 0 Å². The number of nitrogens with zero attached hydrogens (tertiary/aromatic N) is 1. The van der Waals surface area contributed by atoms with Crippen molar-refractivity contribution in [1.82, 2.24) is 10.6 Å². The average molecular weight is 469 g/mol. The number of aliphatic imine (C=N–C) groups is 1.